The van der Waals surface area contributed by atoms with Gasteiger partial charge in [0.1, 0.15) is 11.3 Å². The maximum Gasteiger partial charge on any atom is 0.349 e. The van der Waals surface area contributed by atoms with Gasteiger partial charge >= 0.3 is 5.63 Å². The van der Waals surface area contributed by atoms with E-state index in [0.717, 1.165) is 29.3 Å². The van der Waals surface area contributed by atoms with Crippen molar-refractivity contribution in [3.63, 3.8) is 0 Å². The standard InChI is InChI=1S/C22H23N3O4/c1-13-10-16(9-6-14-11-23-18-5-3-2-4-17(14)18)29-22(28)20(13)21(27)24-12-19(26)25-15-7-8-15/h2-5,10-11,15,23H,6-9,12H2,1H3,(H,24,27)(H,25,26). The quantitative estimate of drug-likeness (QED) is 0.572. The molecule has 0 saturated heterocycles. The molecule has 0 radical (unpaired) electrons. The van der Waals surface area contributed by atoms with Gasteiger partial charge in [0.25, 0.3) is 5.91 Å². The predicted molar refractivity (Wildman–Crippen MR) is 109 cm³/mol. The van der Waals surface area contributed by atoms with Crippen LogP contribution in [0, 0.1) is 6.92 Å². The lowest BCUT2D eigenvalue weighted by Gasteiger charge is -2.08. The van der Waals surface area contributed by atoms with Crippen molar-refractivity contribution < 1.29 is 14.0 Å². The van der Waals surface area contributed by atoms with Crippen LogP contribution in [0.4, 0.5) is 0 Å². The number of nitrogens with one attached hydrogen (secondary N) is 3. The molecule has 0 spiro atoms. The molecule has 2 amide bonds. The molecule has 0 aliphatic heterocycles. The molecule has 0 unspecified atom stereocenters. The minimum Gasteiger partial charge on any atom is -0.427 e. The van der Waals surface area contributed by atoms with Gasteiger partial charge in [0.15, 0.2) is 0 Å². The molecule has 7 heteroatoms. The molecule has 1 aliphatic carbocycles. The van der Waals surface area contributed by atoms with E-state index in [9.17, 15) is 14.4 Å². The van der Waals surface area contributed by atoms with Crippen LogP contribution in [-0.2, 0) is 17.6 Å². The van der Waals surface area contributed by atoms with Crippen molar-refractivity contribution in [2.45, 2.75) is 38.6 Å². The average molecular weight is 393 g/mol. The van der Waals surface area contributed by atoms with Crippen molar-refractivity contribution in [3.8, 4) is 0 Å². The summed E-state index contributed by atoms with van der Waals surface area (Å²) < 4.78 is 5.37. The maximum atomic E-state index is 12.4. The van der Waals surface area contributed by atoms with Gasteiger partial charge in [-0.25, -0.2) is 4.79 Å². The number of fused-ring (bicyclic) bond motifs is 1. The van der Waals surface area contributed by atoms with Gasteiger partial charge in [-0.3, -0.25) is 9.59 Å². The third-order valence-electron chi connectivity index (χ3n) is 5.09. The molecular weight excluding hydrogens is 370 g/mol. The number of carbonyl (C=O) groups excluding carboxylic acids is 2. The van der Waals surface area contributed by atoms with Crippen molar-refractivity contribution >= 4 is 22.7 Å². The van der Waals surface area contributed by atoms with E-state index in [2.05, 4.69) is 21.7 Å². The van der Waals surface area contributed by atoms with Gasteiger partial charge in [0.2, 0.25) is 5.91 Å². The highest BCUT2D eigenvalue weighted by atomic mass is 16.4. The zero-order valence-corrected chi connectivity index (χ0v) is 16.2. The van der Waals surface area contributed by atoms with E-state index in [4.69, 9.17) is 4.42 Å². The van der Waals surface area contributed by atoms with Crippen molar-refractivity contribution in [1.29, 1.82) is 0 Å². The van der Waals surface area contributed by atoms with Gasteiger partial charge in [-0.1, -0.05) is 18.2 Å². The van der Waals surface area contributed by atoms with Gasteiger partial charge in [0.05, 0.1) is 6.54 Å². The Bertz CT molecular complexity index is 1120. The number of benzene rings is 1. The molecular formula is C22H23N3O4. The first-order chi connectivity index (χ1) is 14.0. The van der Waals surface area contributed by atoms with Crippen LogP contribution < -0.4 is 16.3 Å². The third kappa shape index (κ3) is 4.39. The van der Waals surface area contributed by atoms with Gasteiger partial charge in [-0.2, -0.15) is 0 Å². The SMILES string of the molecule is Cc1cc(CCc2c[nH]c3ccccc23)oc(=O)c1C(=O)NCC(=O)NC1CC1. The first kappa shape index (κ1) is 19.0. The summed E-state index contributed by atoms with van der Waals surface area (Å²) >= 11 is 0. The van der Waals surface area contributed by atoms with E-state index in [0.29, 0.717) is 24.2 Å². The van der Waals surface area contributed by atoms with Gasteiger partial charge < -0.3 is 20.0 Å². The number of carbonyl (C=O) groups is 2. The summed E-state index contributed by atoms with van der Waals surface area (Å²) in [6, 6.07) is 9.97. The highest BCUT2D eigenvalue weighted by Gasteiger charge is 2.24. The molecule has 1 aliphatic rings. The van der Waals surface area contributed by atoms with Crippen molar-refractivity contribution in [3.05, 3.63) is 69.4 Å². The van der Waals surface area contributed by atoms with E-state index in [1.165, 1.54) is 0 Å². The van der Waals surface area contributed by atoms with E-state index in [1.807, 2.05) is 24.4 Å². The van der Waals surface area contributed by atoms with Crippen molar-refractivity contribution in [2.24, 2.45) is 0 Å². The van der Waals surface area contributed by atoms with Gasteiger partial charge in [-0.15, -0.1) is 0 Å². The summed E-state index contributed by atoms with van der Waals surface area (Å²) in [4.78, 5) is 39.7. The molecule has 4 rings (SSSR count). The Labute approximate surface area is 167 Å². The lowest BCUT2D eigenvalue weighted by molar-refractivity contribution is -0.120. The smallest absolute Gasteiger partial charge is 0.349 e. The van der Waals surface area contributed by atoms with E-state index in [1.54, 1.807) is 13.0 Å². The van der Waals surface area contributed by atoms with Crippen LogP contribution >= 0.6 is 0 Å². The summed E-state index contributed by atoms with van der Waals surface area (Å²) in [5, 5.41) is 6.42. The number of amides is 2. The average Bonchev–Trinajstić information content (AvgIpc) is 3.41. The van der Waals surface area contributed by atoms with Crippen LogP contribution in [-0.4, -0.2) is 29.4 Å². The molecule has 2 heterocycles. The fourth-order valence-electron chi connectivity index (χ4n) is 3.42. The minimum absolute atomic E-state index is 0.0555. The second kappa shape index (κ2) is 7.95. The first-order valence-electron chi connectivity index (χ1n) is 9.77. The van der Waals surface area contributed by atoms with Gasteiger partial charge in [0, 0.05) is 29.6 Å². The Kier molecular flexibility index (Phi) is 5.20. The van der Waals surface area contributed by atoms with Crippen LogP contribution in [0.3, 0.4) is 0 Å². The molecule has 3 aromatic rings. The molecule has 150 valence electrons. The Morgan fingerprint density at radius 2 is 2.00 bits per heavy atom. The minimum atomic E-state index is -0.681. The van der Waals surface area contributed by atoms with Crippen molar-refractivity contribution in [1.82, 2.24) is 15.6 Å². The molecule has 1 fully saturated rings. The summed E-state index contributed by atoms with van der Waals surface area (Å²) in [5.74, 6) is -0.315. The summed E-state index contributed by atoms with van der Waals surface area (Å²) in [6.07, 6.45) is 5.16. The lowest BCUT2D eigenvalue weighted by Crippen LogP contribution is -2.39. The normalized spacial score (nSPS) is 13.4. The number of aromatic nitrogens is 1. The monoisotopic (exact) mass is 393 g/mol. The zero-order valence-electron chi connectivity index (χ0n) is 16.2. The zero-order chi connectivity index (χ0) is 20.4. The molecule has 1 aromatic carbocycles. The van der Waals surface area contributed by atoms with Crippen LogP contribution in [0.15, 0.2) is 45.7 Å². The summed E-state index contributed by atoms with van der Waals surface area (Å²) in [7, 11) is 0. The number of para-hydroxylation sites is 1. The molecule has 3 N–H and O–H groups in total. The topological polar surface area (TPSA) is 104 Å². The number of rotatable bonds is 7. The molecule has 7 nitrogen and oxygen atoms in total. The number of hydrogen-bond acceptors (Lipinski definition) is 4. The molecule has 2 aromatic heterocycles. The van der Waals surface area contributed by atoms with E-state index >= 15 is 0 Å². The Morgan fingerprint density at radius 3 is 2.76 bits per heavy atom. The lowest BCUT2D eigenvalue weighted by atomic mass is 10.1. The van der Waals surface area contributed by atoms with Crippen LogP contribution in [0.2, 0.25) is 0 Å². The second-order valence-electron chi connectivity index (χ2n) is 7.44. The molecule has 1 saturated carbocycles. The summed E-state index contributed by atoms with van der Waals surface area (Å²) in [5.41, 5.74) is 2.01. The summed E-state index contributed by atoms with van der Waals surface area (Å²) in [6.45, 7) is 1.54. The fraction of sp³-hybridized carbons (Fsp3) is 0.318. The number of aromatic amines is 1. The highest BCUT2D eigenvalue weighted by molar-refractivity contribution is 5.97. The number of hydrogen-bond donors (Lipinski definition) is 3. The molecule has 29 heavy (non-hydrogen) atoms. The Hall–Kier alpha value is -3.35. The Balaban J connectivity index is 1.41. The third-order valence-corrected chi connectivity index (χ3v) is 5.09. The Morgan fingerprint density at radius 1 is 1.21 bits per heavy atom. The molecule has 0 atom stereocenters. The van der Waals surface area contributed by atoms with Crippen LogP contribution in [0.1, 0.15) is 40.1 Å². The maximum absolute atomic E-state index is 12.4. The number of aryl methyl sites for hydroxylation is 3. The first-order valence-corrected chi connectivity index (χ1v) is 9.77. The van der Waals surface area contributed by atoms with E-state index in [-0.39, 0.29) is 24.1 Å². The van der Waals surface area contributed by atoms with Crippen LogP contribution in [0.25, 0.3) is 10.9 Å². The second-order valence-corrected chi connectivity index (χ2v) is 7.44. The predicted octanol–water partition coefficient (Wildman–Crippen LogP) is 2.22. The van der Waals surface area contributed by atoms with E-state index < -0.39 is 11.5 Å². The van der Waals surface area contributed by atoms with Crippen molar-refractivity contribution in [2.75, 3.05) is 6.54 Å². The fourth-order valence-corrected chi connectivity index (χ4v) is 3.42. The largest absolute Gasteiger partial charge is 0.427 e. The number of H-pyrrole nitrogens is 1. The molecule has 0 bridgehead atoms. The van der Waals surface area contributed by atoms with Gasteiger partial charge in [-0.05, 0) is 49.4 Å². The highest BCUT2D eigenvalue weighted by Crippen LogP contribution is 2.20. The van der Waals surface area contributed by atoms with Crippen LogP contribution in [0.5, 0.6) is 0 Å².